The standard InChI is InChI=1S/C13H7BrI3NO3S/c14-7-1-3-9(4-2-7)22(20,21)18-13(19)10-5-8(15)6-11(16)12(10)17/h1-6H,(H,18,19)/p-1. The van der Waals surface area contributed by atoms with Crippen LogP contribution in [-0.4, -0.2) is 14.3 Å². The van der Waals surface area contributed by atoms with Crippen LogP contribution in [0.25, 0.3) is 0 Å². The van der Waals surface area contributed by atoms with Crippen LogP contribution < -0.4 is 5.11 Å². The fourth-order valence-electron chi connectivity index (χ4n) is 1.53. The first-order valence-corrected chi connectivity index (χ1v) is 11.1. The Balaban J connectivity index is 2.50. The maximum Gasteiger partial charge on any atom is 0.281 e. The topological polar surface area (TPSA) is 69.6 Å². The molecule has 0 aliphatic rings. The van der Waals surface area contributed by atoms with E-state index in [0.29, 0.717) is 3.57 Å². The molecule has 0 amide bonds. The van der Waals surface area contributed by atoms with Crippen LogP contribution in [0.4, 0.5) is 0 Å². The quantitative estimate of drug-likeness (QED) is 0.211. The number of rotatable bonds is 3. The predicted molar refractivity (Wildman–Crippen MR) is 112 cm³/mol. The van der Waals surface area contributed by atoms with Gasteiger partial charge in [-0.05, 0) is 104 Å². The summed E-state index contributed by atoms with van der Waals surface area (Å²) in [5, 5.41) is 12.3. The molecule has 0 spiro atoms. The molecule has 0 aliphatic carbocycles. The van der Waals surface area contributed by atoms with Crippen molar-refractivity contribution in [2.75, 3.05) is 0 Å². The fraction of sp³-hybridized carbons (Fsp3) is 0. The van der Waals surface area contributed by atoms with Crippen LogP contribution >= 0.6 is 83.7 Å². The molecule has 0 fully saturated rings. The Kier molecular flexibility index (Phi) is 6.53. The number of sulfonamides is 1. The summed E-state index contributed by atoms with van der Waals surface area (Å²) >= 11 is 9.42. The molecule has 2 rings (SSSR count). The van der Waals surface area contributed by atoms with Crippen LogP contribution in [0.3, 0.4) is 0 Å². The molecule has 116 valence electrons. The SMILES string of the molecule is O=S(=O)(/N=C(\[O-])c1cc(I)cc(I)c1I)c1ccc(Br)cc1. The van der Waals surface area contributed by atoms with Crippen molar-refractivity contribution < 1.29 is 13.5 Å². The van der Waals surface area contributed by atoms with Gasteiger partial charge in [0.15, 0.2) is 0 Å². The normalized spacial score (nSPS) is 12.5. The molecule has 9 heteroatoms. The van der Waals surface area contributed by atoms with Crippen LogP contribution in [0.1, 0.15) is 5.56 Å². The van der Waals surface area contributed by atoms with Crippen molar-refractivity contribution in [3.05, 3.63) is 57.1 Å². The van der Waals surface area contributed by atoms with Crippen molar-refractivity contribution in [2.24, 2.45) is 4.40 Å². The van der Waals surface area contributed by atoms with Gasteiger partial charge in [0.2, 0.25) is 0 Å². The second kappa shape index (κ2) is 7.61. The Bertz CT molecular complexity index is 852. The lowest BCUT2D eigenvalue weighted by molar-refractivity contribution is -0.212. The zero-order valence-electron chi connectivity index (χ0n) is 10.6. The molecule has 0 heterocycles. The highest BCUT2D eigenvalue weighted by atomic mass is 127. The number of hydrogen-bond acceptors (Lipinski definition) is 3. The third-order valence-electron chi connectivity index (χ3n) is 2.54. The summed E-state index contributed by atoms with van der Waals surface area (Å²) in [6.07, 6.45) is 0. The van der Waals surface area contributed by atoms with E-state index >= 15 is 0 Å². The minimum absolute atomic E-state index is 0.0145. The van der Waals surface area contributed by atoms with Crippen LogP contribution in [0.5, 0.6) is 0 Å². The summed E-state index contributed by atoms with van der Waals surface area (Å²) in [6, 6.07) is 9.52. The maximum absolute atomic E-state index is 12.3. The van der Waals surface area contributed by atoms with Crippen LogP contribution in [-0.2, 0) is 10.0 Å². The molecular formula is C13H6BrI3NO3S-. The summed E-state index contributed by atoms with van der Waals surface area (Å²) in [6.45, 7) is 0. The van der Waals surface area contributed by atoms with Crippen molar-refractivity contribution in [1.29, 1.82) is 0 Å². The summed E-state index contributed by atoms with van der Waals surface area (Å²) in [5.41, 5.74) is 0.289. The minimum Gasteiger partial charge on any atom is -0.858 e. The molecule has 0 radical (unpaired) electrons. The highest BCUT2D eigenvalue weighted by Crippen LogP contribution is 2.23. The van der Waals surface area contributed by atoms with E-state index < -0.39 is 15.9 Å². The van der Waals surface area contributed by atoms with E-state index in [-0.39, 0.29) is 10.5 Å². The number of benzene rings is 2. The summed E-state index contributed by atoms with van der Waals surface area (Å²) < 4.78 is 31.0. The van der Waals surface area contributed by atoms with Crippen molar-refractivity contribution in [3.8, 4) is 0 Å². The van der Waals surface area contributed by atoms with Gasteiger partial charge in [-0.2, -0.15) is 12.8 Å². The van der Waals surface area contributed by atoms with Gasteiger partial charge in [0.25, 0.3) is 10.0 Å². The van der Waals surface area contributed by atoms with Crippen molar-refractivity contribution >= 4 is 99.6 Å². The van der Waals surface area contributed by atoms with Crippen LogP contribution in [0.2, 0.25) is 0 Å². The van der Waals surface area contributed by atoms with Crippen molar-refractivity contribution in [2.45, 2.75) is 4.90 Å². The highest BCUT2D eigenvalue weighted by molar-refractivity contribution is 14.1. The smallest absolute Gasteiger partial charge is 0.281 e. The highest BCUT2D eigenvalue weighted by Gasteiger charge is 2.14. The summed E-state index contributed by atoms with van der Waals surface area (Å²) in [5.74, 6) is -0.760. The lowest BCUT2D eigenvalue weighted by Gasteiger charge is -2.14. The van der Waals surface area contributed by atoms with Gasteiger partial charge < -0.3 is 5.11 Å². The van der Waals surface area contributed by atoms with Gasteiger partial charge in [-0.3, -0.25) is 0 Å². The lowest BCUT2D eigenvalue weighted by Crippen LogP contribution is -2.22. The predicted octanol–water partition coefficient (Wildman–Crippen LogP) is 3.76. The largest absolute Gasteiger partial charge is 0.858 e. The molecule has 0 bridgehead atoms. The third kappa shape index (κ3) is 4.54. The average molecular weight is 717 g/mol. The van der Waals surface area contributed by atoms with Gasteiger partial charge in [0, 0.05) is 26.6 Å². The lowest BCUT2D eigenvalue weighted by atomic mass is 10.2. The monoisotopic (exact) mass is 716 g/mol. The first kappa shape index (κ1) is 18.9. The zero-order valence-corrected chi connectivity index (χ0v) is 19.4. The molecular weight excluding hydrogens is 711 g/mol. The van der Waals surface area contributed by atoms with E-state index in [1.165, 1.54) is 12.1 Å². The van der Waals surface area contributed by atoms with Gasteiger partial charge in [0.05, 0.1) is 4.90 Å². The third-order valence-corrected chi connectivity index (χ3v) is 8.01. The van der Waals surface area contributed by atoms with E-state index in [1.807, 2.05) is 28.7 Å². The molecule has 0 aliphatic heterocycles. The molecule has 0 unspecified atom stereocenters. The second-order valence-electron chi connectivity index (χ2n) is 4.07. The van der Waals surface area contributed by atoms with E-state index in [4.69, 9.17) is 0 Å². The molecule has 4 nitrogen and oxygen atoms in total. The Morgan fingerprint density at radius 2 is 1.68 bits per heavy atom. The molecule has 0 N–H and O–H groups in total. The molecule has 2 aromatic carbocycles. The van der Waals surface area contributed by atoms with Gasteiger partial charge in [-0.15, -0.1) is 0 Å². The van der Waals surface area contributed by atoms with Crippen LogP contribution in [0.15, 0.2) is 50.2 Å². The van der Waals surface area contributed by atoms with Gasteiger partial charge in [-0.25, -0.2) is 0 Å². The van der Waals surface area contributed by atoms with E-state index in [0.717, 1.165) is 11.6 Å². The van der Waals surface area contributed by atoms with Crippen LogP contribution in [0, 0.1) is 10.7 Å². The number of nitrogens with zero attached hydrogens (tertiary/aromatic N) is 1. The average Bonchev–Trinajstić information content (AvgIpc) is 2.42. The Morgan fingerprint density at radius 1 is 1.09 bits per heavy atom. The first-order valence-electron chi connectivity index (χ1n) is 5.63. The second-order valence-corrected chi connectivity index (χ2v) is 10.1. The fourth-order valence-corrected chi connectivity index (χ4v) is 5.08. The van der Waals surface area contributed by atoms with Gasteiger partial charge in [-0.1, -0.05) is 15.9 Å². The van der Waals surface area contributed by atoms with Crippen molar-refractivity contribution in [3.63, 3.8) is 0 Å². The number of hydrogen-bond donors (Lipinski definition) is 0. The van der Waals surface area contributed by atoms with E-state index in [2.05, 4.69) is 65.5 Å². The van der Waals surface area contributed by atoms with E-state index in [1.54, 1.807) is 18.2 Å². The zero-order chi connectivity index (χ0) is 16.5. The minimum atomic E-state index is -4.02. The van der Waals surface area contributed by atoms with Crippen molar-refractivity contribution in [1.82, 2.24) is 0 Å². The maximum atomic E-state index is 12.3. The van der Waals surface area contributed by atoms with Gasteiger partial charge >= 0.3 is 0 Å². The molecule has 0 saturated heterocycles. The molecule has 0 aromatic heterocycles. The Labute approximate surface area is 177 Å². The summed E-state index contributed by atoms with van der Waals surface area (Å²) in [7, 11) is -4.02. The molecule has 2 aromatic rings. The summed E-state index contributed by atoms with van der Waals surface area (Å²) in [4.78, 5) is -0.0145. The Morgan fingerprint density at radius 3 is 2.27 bits per heavy atom. The molecule has 22 heavy (non-hydrogen) atoms. The molecule has 0 atom stereocenters. The van der Waals surface area contributed by atoms with Gasteiger partial charge in [0.1, 0.15) is 0 Å². The first-order chi connectivity index (χ1) is 10.2. The number of halogens is 4. The van der Waals surface area contributed by atoms with E-state index in [9.17, 15) is 13.5 Å². The Hall–Kier alpha value is 0.530. The molecule has 0 saturated carbocycles.